The van der Waals surface area contributed by atoms with E-state index in [1.54, 1.807) is 24.3 Å². The summed E-state index contributed by atoms with van der Waals surface area (Å²) in [7, 11) is -0.831. The van der Waals surface area contributed by atoms with Gasteiger partial charge in [-0.05, 0) is 60.8 Å². The molecular weight excluding hydrogens is 375 g/mol. The fourth-order valence-corrected chi connectivity index (χ4v) is 6.90. The molecule has 4 rings (SSSR count). The second-order valence-corrected chi connectivity index (χ2v) is 9.77. The largest absolute Gasteiger partial charge is 0.508 e. The Labute approximate surface area is 172 Å². The molecule has 0 amide bonds. The monoisotopic (exact) mass is 398 g/mol. The molecule has 0 atom stereocenters. The Kier molecular flexibility index (Phi) is 5.38. The van der Waals surface area contributed by atoms with Gasteiger partial charge in [0.1, 0.15) is 11.5 Å². The molecule has 0 bridgehead atoms. The van der Waals surface area contributed by atoms with Gasteiger partial charge < -0.3 is 10.2 Å². The van der Waals surface area contributed by atoms with E-state index in [0.717, 1.165) is 11.1 Å². The maximum Gasteiger partial charge on any atom is 0.115 e. The summed E-state index contributed by atoms with van der Waals surface area (Å²) in [6.07, 6.45) is 0. The van der Waals surface area contributed by atoms with Crippen molar-refractivity contribution in [1.82, 2.24) is 0 Å². The zero-order chi connectivity index (χ0) is 20.3. The van der Waals surface area contributed by atoms with Gasteiger partial charge >= 0.3 is 0 Å². The highest BCUT2D eigenvalue weighted by Gasteiger charge is 2.39. The van der Waals surface area contributed by atoms with Gasteiger partial charge in [0.05, 0.1) is 0 Å². The van der Waals surface area contributed by atoms with E-state index in [-0.39, 0.29) is 16.7 Å². The third kappa shape index (κ3) is 3.77. The average molecular weight is 398 g/mol. The molecule has 0 saturated carbocycles. The summed E-state index contributed by atoms with van der Waals surface area (Å²) in [5.74, 6) is 0.510. The lowest BCUT2D eigenvalue weighted by Crippen LogP contribution is -2.31. The summed E-state index contributed by atoms with van der Waals surface area (Å²) in [6, 6.07) is 36.2. The Morgan fingerprint density at radius 2 is 0.862 bits per heavy atom. The Morgan fingerprint density at radius 1 is 0.517 bits per heavy atom. The van der Waals surface area contributed by atoms with Crippen molar-refractivity contribution < 1.29 is 10.2 Å². The van der Waals surface area contributed by atoms with Gasteiger partial charge in [-0.2, -0.15) is 0 Å². The molecule has 0 aliphatic carbocycles. The molecule has 2 N–H and O–H groups in total. The molecule has 0 spiro atoms. The van der Waals surface area contributed by atoms with Crippen LogP contribution >= 0.6 is 7.92 Å². The zero-order valence-electron chi connectivity index (χ0n) is 16.2. The molecular formula is C26H23O2P. The van der Waals surface area contributed by atoms with E-state index < -0.39 is 7.92 Å². The van der Waals surface area contributed by atoms with Crippen LogP contribution in [0.25, 0.3) is 0 Å². The minimum absolute atomic E-state index is 0.255. The van der Waals surface area contributed by atoms with Crippen LogP contribution < -0.4 is 10.6 Å². The van der Waals surface area contributed by atoms with Crippen LogP contribution in [0.3, 0.4) is 0 Å². The van der Waals surface area contributed by atoms with Crippen LogP contribution in [0.1, 0.15) is 18.1 Å². The van der Waals surface area contributed by atoms with Gasteiger partial charge in [0.25, 0.3) is 0 Å². The van der Waals surface area contributed by atoms with E-state index >= 15 is 0 Å². The number of hydrogen-bond acceptors (Lipinski definition) is 2. The Hall–Kier alpha value is -3.09. The number of benzene rings is 4. The summed E-state index contributed by atoms with van der Waals surface area (Å²) in [5, 5.41) is 21.9. The highest BCUT2D eigenvalue weighted by atomic mass is 31.1. The van der Waals surface area contributed by atoms with Crippen LogP contribution in [0.4, 0.5) is 0 Å². The zero-order valence-corrected chi connectivity index (χ0v) is 17.1. The molecule has 3 heteroatoms. The van der Waals surface area contributed by atoms with Gasteiger partial charge in [-0.25, -0.2) is 0 Å². The van der Waals surface area contributed by atoms with Crippen molar-refractivity contribution in [3.8, 4) is 11.5 Å². The Morgan fingerprint density at radius 3 is 1.21 bits per heavy atom. The van der Waals surface area contributed by atoms with Crippen LogP contribution in [-0.2, 0) is 5.16 Å². The van der Waals surface area contributed by atoms with Gasteiger partial charge in [0.2, 0.25) is 0 Å². The first-order valence-electron chi connectivity index (χ1n) is 9.58. The fourth-order valence-electron chi connectivity index (χ4n) is 3.82. The second-order valence-electron chi connectivity index (χ2n) is 7.17. The lowest BCUT2D eigenvalue weighted by atomic mass is 9.92. The maximum atomic E-state index is 9.87. The van der Waals surface area contributed by atoms with E-state index in [9.17, 15) is 10.2 Å². The lowest BCUT2D eigenvalue weighted by Gasteiger charge is -2.40. The van der Waals surface area contributed by atoms with Crippen LogP contribution in [-0.4, -0.2) is 10.2 Å². The molecule has 0 saturated heterocycles. The molecule has 2 nitrogen and oxygen atoms in total. The van der Waals surface area contributed by atoms with Gasteiger partial charge in [-0.1, -0.05) is 84.9 Å². The van der Waals surface area contributed by atoms with Crippen molar-refractivity contribution in [2.75, 3.05) is 0 Å². The van der Waals surface area contributed by atoms with E-state index in [1.165, 1.54) is 10.6 Å². The fraction of sp³-hybridized carbons (Fsp3) is 0.0769. The van der Waals surface area contributed by atoms with Crippen molar-refractivity contribution in [1.29, 1.82) is 0 Å². The third-order valence-corrected chi connectivity index (χ3v) is 8.37. The standard InChI is InChI=1S/C26H23O2P/c1-26(20-12-16-22(27)17-13-20,21-14-18-23(28)19-15-21)29(24-8-4-2-5-9-24)25-10-6-3-7-11-25/h2-19,27-28H,1H3. The normalized spacial score (nSPS) is 11.5. The van der Waals surface area contributed by atoms with Crippen molar-refractivity contribution in [2.45, 2.75) is 12.1 Å². The van der Waals surface area contributed by atoms with Crippen molar-refractivity contribution in [2.24, 2.45) is 0 Å². The molecule has 0 radical (unpaired) electrons. The molecule has 0 aliphatic rings. The van der Waals surface area contributed by atoms with Crippen LogP contribution in [0.2, 0.25) is 0 Å². The van der Waals surface area contributed by atoms with Gasteiger partial charge in [0, 0.05) is 5.16 Å². The van der Waals surface area contributed by atoms with Crippen molar-refractivity contribution in [3.63, 3.8) is 0 Å². The van der Waals surface area contributed by atoms with E-state index in [4.69, 9.17) is 0 Å². The highest BCUT2D eigenvalue weighted by Crippen LogP contribution is 2.58. The Balaban J connectivity index is 2.01. The smallest absolute Gasteiger partial charge is 0.115 e. The van der Waals surface area contributed by atoms with Crippen LogP contribution in [0.5, 0.6) is 11.5 Å². The summed E-state index contributed by atoms with van der Waals surface area (Å²) >= 11 is 0. The molecule has 0 fully saturated rings. The minimum Gasteiger partial charge on any atom is -0.508 e. The van der Waals surface area contributed by atoms with E-state index in [1.807, 2.05) is 36.4 Å². The summed E-state index contributed by atoms with van der Waals surface area (Å²) in [5.41, 5.74) is 2.25. The predicted octanol–water partition coefficient (Wildman–Crippen LogP) is 5.49. The lowest BCUT2D eigenvalue weighted by molar-refractivity contribution is 0.475. The Bertz CT molecular complexity index is 974. The molecule has 0 heterocycles. The maximum absolute atomic E-state index is 9.87. The second kappa shape index (κ2) is 8.11. The number of hydrogen-bond donors (Lipinski definition) is 2. The molecule has 144 valence electrons. The van der Waals surface area contributed by atoms with E-state index in [0.29, 0.717) is 0 Å². The SMILES string of the molecule is CC(c1ccc(O)cc1)(c1ccc(O)cc1)P(c1ccccc1)c1ccccc1. The topological polar surface area (TPSA) is 40.5 Å². The summed E-state index contributed by atoms with van der Waals surface area (Å²) in [6.45, 7) is 2.26. The first kappa shape index (κ1) is 19.2. The molecule has 4 aromatic rings. The minimum atomic E-state index is -0.831. The summed E-state index contributed by atoms with van der Waals surface area (Å²) < 4.78 is 0. The van der Waals surface area contributed by atoms with E-state index in [2.05, 4.69) is 55.5 Å². The average Bonchev–Trinajstić information content (AvgIpc) is 2.76. The first-order valence-corrected chi connectivity index (χ1v) is 10.9. The number of phenolic OH excluding ortho intramolecular Hbond substituents is 2. The first-order chi connectivity index (χ1) is 14.1. The van der Waals surface area contributed by atoms with Crippen molar-refractivity contribution in [3.05, 3.63) is 120 Å². The van der Waals surface area contributed by atoms with Crippen molar-refractivity contribution >= 4 is 18.5 Å². The predicted molar refractivity (Wildman–Crippen MR) is 122 cm³/mol. The number of aromatic hydroxyl groups is 2. The number of phenols is 2. The van der Waals surface area contributed by atoms with Gasteiger partial charge in [0.15, 0.2) is 0 Å². The molecule has 0 aromatic heterocycles. The van der Waals surface area contributed by atoms with Gasteiger partial charge in [-0.3, -0.25) is 0 Å². The number of rotatable bonds is 5. The van der Waals surface area contributed by atoms with Gasteiger partial charge in [-0.15, -0.1) is 0 Å². The molecule has 29 heavy (non-hydrogen) atoms. The van der Waals surface area contributed by atoms with Crippen LogP contribution in [0, 0.1) is 0 Å². The quantitative estimate of drug-likeness (QED) is 0.436. The summed E-state index contributed by atoms with van der Waals surface area (Å²) in [4.78, 5) is 0. The van der Waals surface area contributed by atoms with Crippen LogP contribution in [0.15, 0.2) is 109 Å². The molecule has 0 unspecified atom stereocenters. The third-order valence-electron chi connectivity index (χ3n) is 5.33. The molecule has 4 aromatic carbocycles. The molecule has 0 aliphatic heterocycles. The highest BCUT2D eigenvalue weighted by molar-refractivity contribution is 7.74.